The van der Waals surface area contributed by atoms with Gasteiger partial charge in [-0.05, 0) is 45.2 Å². The van der Waals surface area contributed by atoms with Gasteiger partial charge in [-0.2, -0.15) is 5.26 Å². The predicted octanol–water partition coefficient (Wildman–Crippen LogP) is 2.10. The van der Waals surface area contributed by atoms with Crippen LogP contribution in [0.15, 0.2) is 0 Å². The van der Waals surface area contributed by atoms with Crippen LogP contribution in [0.5, 0.6) is 0 Å². The molecule has 0 aromatic rings. The minimum Gasteiger partial charge on any atom is -0.315 e. The van der Waals surface area contributed by atoms with Crippen molar-refractivity contribution in [1.29, 1.82) is 5.26 Å². The Morgan fingerprint density at radius 3 is 2.41 bits per heavy atom. The fourth-order valence-electron chi connectivity index (χ4n) is 2.45. The van der Waals surface area contributed by atoms with Crippen molar-refractivity contribution >= 4 is 0 Å². The number of nitrogens with zero attached hydrogens (tertiary/aromatic N) is 2. The van der Waals surface area contributed by atoms with Crippen molar-refractivity contribution in [1.82, 2.24) is 10.2 Å². The highest BCUT2D eigenvalue weighted by Gasteiger charge is 2.33. The molecule has 1 atom stereocenters. The number of rotatable bonds is 5. The zero-order chi connectivity index (χ0) is 13.1. The summed E-state index contributed by atoms with van der Waals surface area (Å²) in [5, 5.41) is 12.4. The Hall–Kier alpha value is -0.590. The van der Waals surface area contributed by atoms with E-state index in [-0.39, 0.29) is 5.41 Å². The van der Waals surface area contributed by atoms with Crippen LogP contribution in [0.25, 0.3) is 0 Å². The van der Waals surface area contributed by atoms with Gasteiger partial charge in [-0.25, -0.2) is 0 Å². The van der Waals surface area contributed by atoms with Gasteiger partial charge in [-0.1, -0.05) is 13.8 Å². The highest BCUT2D eigenvalue weighted by molar-refractivity contribution is 4.94. The Morgan fingerprint density at radius 1 is 1.29 bits per heavy atom. The second-order valence-electron chi connectivity index (χ2n) is 6.84. The molecule has 17 heavy (non-hydrogen) atoms. The van der Waals surface area contributed by atoms with Crippen molar-refractivity contribution in [2.45, 2.75) is 34.1 Å². The van der Waals surface area contributed by atoms with Crippen LogP contribution in [0, 0.1) is 28.1 Å². The Kier molecular flexibility index (Phi) is 4.57. The standard InChI is InChI=1S/C14H27N3/c1-13(2,9-15)10-16-11-14(3,4)12-6-7-17(5)8-12/h12,16H,6-8,10-11H2,1-5H3. The van der Waals surface area contributed by atoms with Gasteiger partial charge in [0.05, 0.1) is 11.5 Å². The number of nitrogens with one attached hydrogen (secondary N) is 1. The van der Waals surface area contributed by atoms with Gasteiger partial charge in [-0.15, -0.1) is 0 Å². The average molecular weight is 237 g/mol. The third-order valence-corrected chi connectivity index (χ3v) is 3.95. The molecule has 0 bridgehead atoms. The van der Waals surface area contributed by atoms with E-state index in [2.05, 4.69) is 37.2 Å². The number of hydrogen-bond acceptors (Lipinski definition) is 3. The molecule has 0 radical (unpaired) electrons. The molecule has 1 heterocycles. The average Bonchev–Trinajstić information content (AvgIpc) is 2.65. The third-order valence-electron chi connectivity index (χ3n) is 3.95. The topological polar surface area (TPSA) is 39.1 Å². The molecule has 98 valence electrons. The molecule has 1 fully saturated rings. The molecule has 0 amide bonds. The molecule has 0 aromatic carbocycles. The van der Waals surface area contributed by atoms with E-state index in [1.807, 2.05) is 13.8 Å². The number of hydrogen-bond donors (Lipinski definition) is 1. The Balaban J connectivity index is 2.38. The van der Waals surface area contributed by atoms with Gasteiger partial charge in [0.15, 0.2) is 0 Å². The Bertz CT molecular complexity index is 288. The predicted molar refractivity (Wildman–Crippen MR) is 71.6 cm³/mol. The summed E-state index contributed by atoms with van der Waals surface area (Å²) < 4.78 is 0. The van der Waals surface area contributed by atoms with E-state index >= 15 is 0 Å². The van der Waals surface area contributed by atoms with E-state index in [1.165, 1.54) is 19.5 Å². The van der Waals surface area contributed by atoms with Crippen LogP contribution >= 0.6 is 0 Å². The molecule has 1 unspecified atom stereocenters. The maximum absolute atomic E-state index is 8.97. The summed E-state index contributed by atoms with van der Waals surface area (Å²) in [6, 6.07) is 2.33. The lowest BCUT2D eigenvalue weighted by Gasteiger charge is -2.33. The van der Waals surface area contributed by atoms with E-state index in [0.717, 1.165) is 19.0 Å². The molecule has 0 aliphatic carbocycles. The highest BCUT2D eigenvalue weighted by atomic mass is 15.1. The first-order valence-electron chi connectivity index (χ1n) is 6.57. The van der Waals surface area contributed by atoms with Gasteiger partial charge >= 0.3 is 0 Å². The molecule has 3 nitrogen and oxygen atoms in total. The maximum Gasteiger partial charge on any atom is 0.0697 e. The van der Waals surface area contributed by atoms with Gasteiger partial charge in [0.1, 0.15) is 0 Å². The molecule has 1 rings (SSSR count). The first-order chi connectivity index (χ1) is 7.77. The Labute approximate surface area is 106 Å². The van der Waals surface area contributed by atoms with E-state index in [4.69, 9.17) is 5.26 Å². The third kappa shape index (κ3) is 4.29. The summed E-state index contributed by atoms with van der Waals surface area (Å²) in [5.74, 6) is 0.769. The molecule has 0 saturated carbocycles. The van der Waals surface area contributed by atoms with Crippen LogP contribution in [-0.2, 0) is 0 Å². The van der Waals surface area contributed by atoms with Gasteiger partial charge in [-0.3, -0.25) is 0 Å². The smallest absolute Gasteiger partial charge is 0.0697 e. The molecule has 1 N–H and O–H groups in total. The molecular weight excluding hydrogens is 210 g/mol. The van der Waals surface area contributed by atoms with Crippen LogP contribution in [0.2, 0.25) is 0 Å². The monoisotopic (exact) mass is 237 g/mol. The van der Waals surface area contributed by atoms with Gasteiger partial charge in [0.25, 0.3) is 0 Å². The normalized spacial score (nSPS) is 22.7. The summed E-state index contributed by atoms with van der Waals surface area (Å²) in [4.78, 5) is 2.41. The summed E-state index contributed by atoms with van der Waals surface area (Å²) in [7, 11) is 2.20. The summed E-state index contributed by atoms with van der Waals surface area (Å²) in [6.45, 7) is 12.8. The minimum absolute atomic E-state index is 0.261. The van der Waals surface area contributed by atoms with Crippen LogP contribution < -0.4 is 5.32 Å². The van der Waals surface area contributed by atoms with Crippen LogP contribution in [-0.4, -0.2) is 38.1 Å². The first kappa shape index (κ1) is 14.5. The molecule has 1 aliphatic heterocycles. The van der Waals surface area contributed by atoms with E-state index < -0.39 is 0 Å². The SMILES string of the molecule is CN1CCC(C(C)(C)CNCC(C)(C)C#N)C1. The summed E-state index contributed by atoms with van der Waals surface area (Å²) in [6.07, 6.45) is 1.30. The molecule has 0 spiro atoms. The fraction of sp³-hybridized carbons (Fsp3) is 0.929. The van der Waals surface area contributed by atoms with Crippen LogP contribution in [0.3, 0.4) is 0 Å². The lowest BCUT2D eigenvalue weighted by Crippen LogP contribution is -2.40. The van der Waals surface area contributed by atoms with Crippen LogP contribution in [0.4, 0.5) is 0 Å². The number of nitriles is 1. The van der Waals surface area contributed by atoms with Crippen molar-refractivity contribution in [3.8, 4) is 6.07 Å². The molecule has 3 heteroatoms. The van der Waals surface area contributed by atoms with Crippen molar-refractivity contribution in [3.05, 3.63) is 0 Å². The highest BCUT2D eigenvalue weighted by Crippen LogP contribution is 2.33. The molecule has 1 aliphatic rings. The van der Waals surface area contributed by atoms with E-state index in [1.54, 1.807) is 0 Å². The molecule has 0 aromatic heterocycles. The molecule has 1 saturated heterocycles. The number of likely N-dealkylation sites (tertiary alicyclic amines) is 1. The second kappa shape index (κ2) is 5.37. The second-order valence-corrected chi connectivity index (χ2v) is 6.84. The Morgan fingerprint density at radius 2 is 1.94 bits per heavy atom. The zero-order valence-corrected chi connectivity index (χ0v) is 12.0. The van der Waals surface area contributed by atoms with Crippen molar-refractivity contribution in [2.75, 3.05) is 33.2 Å². The largest absolute Gasteiger partial charge is 0.315 e. The van der Waals surface area contributed by atoms with Gasteiger partial charge in [0, 0.05) is 19.6 Å². The van der Waals surface area contributed by atoms with Crippen LogP contribution in [0.1, 0.15) is 34.1 Å². The van der Waals surface area contributed by atoms with Gasteiger partial charge in [0.2, 0.25) is 0 Å². The lowest BCUT2D eigenvalue weighted by atomic mass is 9.78. The fourth-order valence-corrected chi connectivity index (χ4v) is 2.45. The summed E-state index contributed by atoms with van der Waals surface area (Å²) in [5.41, 5.74) is 0.0544. The molecular formula is C14H27N3. The van der Waals surface area contributed by atoms with Crippen molar-refractivity contribution < 1.29 is 0 Å². The quantitative estimate of drug-likeness (QED) is 0.796. The van der Waals surface area contributed by atoms with E-state index in [9.17, 15) is 0 Å². The lowest BCUT2D eigenvalue weighted by molar-refractivity contribution is 0.201. The van der Waals surface area contributed by atoms with Gasteiger partial charge < -0.3 is 10.2 Å². The van der Waals surface area contributed by atoms with Crippen molar-refractivity contribution in [3.63, 3.8) is 0 Å². The minimum atomic E-state index is -0.261. The summed E-state index contributed by atoms with van der Waals surface area (Å²) >= 11 is 0. The van der Waals surface area contributed by atoms with E-state index in [0.29, 0.717) is 5.41 Å². The zero-order valence-electron chi connectivity index (χ0n) is 12.0. The maximum atomic E-state index is 8.97. The first-order valence-corrected chi connectivity index (χ1v) is 6.57. The van der Waals surface area contributed by atoms with Crippen molar-refractivity contribution in [2.24, 2.45) is 16.7 Å².